The van der Waals surface area contributed by atoms with Gasteiger partial charge in [-0.1, -0.05) is 97.1 Å². The van der Waals surface area contributed by atoms with E-state index in [0.717, 1.165) is 21.9 Å². The highest BCUT2D eigenvalue weighted by atomic mass is 16.4. The summed E-state index contributed by atoms with van der Waals surface area (Å²) in [7, 11) is 0. The van der Waals surface area contributed by atoms with Crippen LogP contribution in [0.2, 0.25) is 0 Å². The predicted octanol–water partition coefficient (Wildman–Crippen LogP) is 4.33. The Bertz CT molecular complexity index is 1020. The summed E-state index contributed by atoms with van der Waals surface area (Å²) in [5, 5.41) is 26.2. The van der Waals surface area contributed by atoms with E-state index in [-0.39, 0.29) is 0 Å². The summed E-state index contributed by atoms with van der Waals surface area (Å²) < 4.78 is 0. The van der Waals surface area contributed by atoms with Gasteiger partial charge in [-0.25, -0.2) is 0 Å². The summed E-state index contributed by atoms with van der Waals surface area (Å²) >= 11 is 0. The average Bonchev–Trinajstić information content (AvgIpc) is 2.92. The van der Waals surface area contributed by atoms with Crippen molar-refractivity contribution in [2.75, 3.05) is 0 Å². The van der Waals surface area contributed by atoms with Gasteiger partial charge in [-0.15, -0.1) is 0 Å². The predicted molar refractivity (Wildman–Crippen MR) is 103 cm³/mol. The van der Waals surface area contributed by atoms with Crippen LogP contribution < -0.4 is 0 Å². The van der Waals surface area contributed by atoms with Gasteiger partial charge in [0.05, 0.1) is 0 Å². The Morgan fingerprint density at radius 2 is 0.885 bits per heavy atom. The molecule has 2 nitrogen and oxygen atoms in total. The van der Waals surface area contributed by atoms with Crippen molar-refractivity contribution in [1.29, 1.82) is 0 Å². The van der Waals surface area contributed by atoms with Crippen molar-refractivity contribution in [2.24, 2.45) is 0 Å². The number of hydrogen-bond acceptors (Lipinski definition) is 2. The lowest BCUT2D eigenvalue weighted by Crippen LogP contribution is -2.47. The third kappa shape index (κ3) is 1.73. The zero-order valence-corrected chi connectivity index (χ0v) is 14.1. The Kier molecular flexibility index (Phi) is 3.11. The average molecular weight is 338 g/mol. The molecule has 0 fully saturated rings. The molecule has 0 bridgehead atoms. The molecule has 1 aliphatic rings. The van der Waals surface area contributed by atoms with Gasteiger partial charge in [0.1, 0.15) is 0 Å². The molecule has 126 valence electrons. The highest BCUT2D eigenvalue weighted by molar-refractivity contribution is 5.95. The van der Waals surface area contributed by atoms with Crippen LogP contribution in [-0.2, 0) is 11.2 Å². The fourth-order valence-corrected chi connectivity index (χ4v) is 4.42. The zero-order chi connectivity index (χ0) is 17.8. The lowest BCUT2D eigenvalue weighted by molar-refractivity contribution is -0.105. The second-order valence-corrected chi connectivity index (χ2v) is 6.86. The van der Waals surface area contributed by atoms with Crippen LogP contribution in [0, 0.1) is 0 Å². The smallest absolute Gasteiger partial charge is 0.152 e. The molecular weight excluding hydrogens is 320 g/mol. The lowest BCUT2D eigenvalue weighted by Gasteiger charge is -2.40. The van der Waals surface area contributed by atoms with Crippen molar-refractivity contribution >= 4 is 10.8 Å². The summed E-state index contributed by atoms with van der Waals surface area (Å²) in [4.78, 5) is 0. The fourth-order valence-electron chi connectivity index (χ4n) is 4.42. The van der Waals surface area contributed by atoms with Gasteiger partial charge in [-0.05, 0) is 33.0 Å². The van der Waals surface area contributed by atoms with Gasteiger partial charge in [0.2, 0.25) is 0 Å². The minimum Gasteiger partial charge on any atom is -0.377 e. The number of rotatable bonds is 2. The summed E-state index contributed by atoms with van der Waals surface area (Å²) in [5.74, 6) is 0. The zero-order valence-electron chi connectivity index (χ0n) is 14.1. The van der Waals surface area contributed by atoms with Crippen LogP contribution in [0.25, 0.3) is 10.8 Å². The number of benzene rings is 4. The molecule has 1 aliphatic carbocycles. The molecular formula is C24H18O2. The highest BCUT2D eigenvalue weighted by Gasteiger charge is 2.59. The monoisotopic (exact) mass is 338 g/mol. The Hall–Kier alpha value is -2.94. The van der Waals surface area contributed by atoms with E-state index >= 15 is 0 Å². The molecule has 0 aliphatic heterocycles. The van der Waals surface area contributed by atoms with Gasteiger partial charge in [0.15, 0.2) is 11.2 Å². The molecule has 0 saturated carbocycles. The molecule has 26 heavy (non-hydrogen) atoms. The molecule has 2 N–H and O–H groups in total. The Labute approximate surface area is 152 Å². The first-order valence-electron chi connectivity index (χ1n) is 8.76. The summed E-state index contributed by atoms with van der Waals surface area (Å²) in [6, 6.07) is 30.6. The molecule has 0 spiro atoms. The molecule has 2 atom stereocenters. The normalized spacial score (nSPS) is 24.1. The van der Waals surface area contributed by atoms with E-state index in [0.29, 0.717) is 11.1 Å². The number of aliphatic hydroxyl groups is 2. The Balaban J connectivity index is 1.96. The molecule has 0 saturated heterocycles. The third-order valence-electron chi connectivity index (χ3n) is 5.59. The molecule has 0 heterocycles. The fraction of sp³-hybridized carbons (Fsp3) is 0.0833. The first-order valence-corrected chi connectivity index (χ1v) is 8.76. The SMILES string of the molecule is O[C@]1(c2ccccc2)c2cccc3cccc(c23)[C@]1(O)c1ccccc1. The Morgan fingerprint density at radius 1 is 0.462 bits per heavy atom. The van der Waals surface area contributed by atoms with Crippen LogP contribution in [0.4, 0.5) is 0 Å². The van der Waals surface area contributed by atoms with Crippen LogP contribution in [0.3, 0.4) is 0 Å². The van der Waals surface area contributed by atoms with Crippen molar-refractivity contribution in [3.63, 3.8) is 0 Å². The maximum Gasteiger partial charge on any atom is 0.152 e. The topological polar surface area (TPSA) is 40.5 Å². The van der Waals surface area contributed by atoms with Crippen molar-refractivity contribution in [2.45, 2.75) is 11.2 Å². The molecule has 5 rings (SSSR count). The van der Waals surface area contributed by atoms with E-state index in [1.807, 2.05) is 97.1 Å². The molecule has 0 aromatic heterocycles. The van der Waals surface area contributed by atoms with Gasteiger partial charge in [-0.2, -0.15) is 0 Å². The molecule has 0 unspecified atom stereocenters. The largest absolute Gasteiger partial charge is 0.377 e. The molecule has 4 aromatic carbocycles. The first-order chi connectivity index (χ1) is 12.7. The lowest BCUT2D eigenvalue weighted by atomic mass is 9.72. The maximum absolute atomic E-state index is 12.1. The van der Waals surface area contributed by atoms with Gasteiger partial charge in [0, 0.05) is 0 Å². The van der Waals surface area contributed by atoms with Crippen LogP contribution in [0.1, 0.15) is 22.3 Å². The molecule has 4 aromatic rings. The molecule has 0 amide bonds. The minimum atomic E-state index is -1.57. The van der Waals surface area contributed by atoms with E-state index < -0.39 is 11.2 Å². The van der Waals surface area contributed by atoms with Crippen LogP contribution >= 0.6 is 0 Å². The minimum absolute atomic E-state index is 0.676. The third-order valence-corrected chi connectivity index (χ3v) is 5.59. The molecule has 0 radical (unpaired) electrons. The van der Waals surface area contributed by atoms with E-state index in [4.69, 9.17) is 0 Å². The second kappa shape index (κ2) is 5.28. The first kappa shape index (κ1) is 15.3. The van der Waals surface area contributed by atoms with Crippen molar-refractivity contribution < 1.29 is 10.2 Å². The van der Waals surface area contributed by atoms with Gasteiger partial charge < -0.3 is 10.2 Å². The van der Waals surface area contributed by atoms with Gasteiger partial charge in [0.25, 0.3) is 0 Å². The number of hydrogen-bond donors (Lipinski definition) is 2. The van der Waals surface area contributed by atoms with E-state index in [9.17, 15) is 10.2 Å². The van der Waals surface area contributed by atoms with E-state index in [1.54, 1.807) is 0 Å². The standard InChI is InChI=1S/C24H18O2/c25-23(18-11-3-1-4-12-18)20-15-7-9-17-10-8-16-21(22(17)20)24(23,26)19-13-5-2-6-14-19/h1-16,25-26H/t23-,24-/m1/s1. The maximum atomic E-state index is 12.1. The van der Waals surface area contributed by atoms with Gasteiger partial charge in [-0.3, -0.25) is 0 Å². The highest BCUT2D eigenvalue weighted by Crippen LogP contribution is 2.57. The van der Waals surface area contributed by atoms with Crippen LogP contribution in [0.5, 0.6) is 0 Å². The summed E-state index contributed by atoms with van der Waals surface area (Å²) in [5.41, 5.74) is -0.311. The quantitative estimate of drug-likeness (QED) is 0.571. The molecule has 2 heteroatoms. The van der Waals surface area contributed by atoms with E-state index in [2.05, 4.69) is 0 Å². The van der Waals surface area contributed by atoms with Crippen molar-refractivity contribution in [3.05, 3.63) is 119 Å². The second-order valence-electron chi connectivity index (χ2n) is 6.86. The Morgan fingerprint density at radius 3 is 1.31 bits per heavy atom. The van der Waals surface area contributed by atoms with Crippen molar-refractivity contribution in [1.82, 2.24) is 0 Å². The van der Waals surface area contributed by atoms with Crippen LogP contribution in [0.15, 0.2) is 97.1 Å². The van der Waals surface area contributed by atoms with Gasteiger partial charge >= 0.3 is 0 Å². The summed E-state index contributed by atoms with van der Waals surface area (Å²) in [6.45, 7) is 0. The van der Waals surface area contributed by atoms with Crippen LogP contribution in [-0.4, -0.2) is 10.2 Å². The van der Waals surface area contributed by atoms with Crippen molar-refractivity contribution in [3.8, 4) is 0 Å². The summed E-state index contributed by atoms with van der Waals surface area (Å²) in [6.07, 6.45) is 0. The van der Waals surface area contributed by atoms with E-state index in [1.165, 1.54) is 0 Å².